The molecule has 0 aliphatic heterocycles. The van der Waals surface area contributed by atoms with Gasteiger partial charge in [-0.05, 0) is 24.8 Å². The second-order valence-electron chi connectivity index (χ2n) is 5.47. The first-order valence-corrected chi connectivity index (χ1v) is 9.83. The number of thioether (sulfide) groups is 1. The van der Waals surface area contributed by atoms with Crippen molar-refractivity contribution in [3.05, 3.63) is 16.3 Å². The number of carbonyl (C=O) groups is 1. The Kier molecular flexibility index (Phi) is 10.1. The maximum absolute atomic E-state index is 10.7. The molecule has 3 heteroatoms. The van der Waals surface area contributed by atoms with Gasteiger partial charge in [-0.1, -0.05) is 52.4 Å². The molecule has 0 saturated carbocycles. The Labute approximate surface area is 132 Å². The van der Waals surface area contributed by atoms with Crippen LogP contribution in [-0.4, -0.2) is 12.0 Å². The number of hydrogen-bond donors (Lipinski definition) is 0. The molecule has 0 bridgehead atoms. The van der Waals surface area contributed by atoms with E-state index < -0.39 is 0 Å². The molecule has 1 heterocycles. The zero-order valence-corrected chi connectivity index (χ0v) is 14.5. The van der Waals surface area contributed by atoms with E-state index in [1.807, 2.05) is 17.8 Å². The van der Waals surface area contributed by atoms with Crippen LogP contribution >= 0.6 is 23.1 Å². The lowest BCUT2D eigenvalue weighted by Crippen LogP contribution is -2.04. The summed E-state index contributed by atoms with van der Waals surface area (Å²) in [4.78, 5) is 12.8. The minimum absolute atomic E-state index is 0.844. The predicted molar refractivity (Wildman–Crippen MR) is 92.2 cm³/mol. The lowest BCUT2D eigenvalue weighted by Gasteiger charge is -2.15. The third-order valence-corrected chi connectivity index (χ3v) is 5.84. The van der Waals surface area contributed by atoms with Crippen LogP contribution in [0.25, 0.3) is 0 Å². The monoisotopic (exact) mass is 312 g/mol. The van der Waals surface area contributed by atoms with Crippen molar-refractivity contribution in [3.63, 3.8) is 0 Å². The lowest BCUT2D eigenvalue weighted by molar-refractivity contribution is 0.112. The zero-order valence-electron chi connectivity index (χ0n) is 12.9. The summed E-state index contributed by atoms with van der Waals surface area (Å²) >= 11 is 3.49. The number of unbranched alkanes of at least 4 members (excludes halogenated alkanes) is 4. The first-order valence-electron chi connectivity index (χ1n) is 7.96. The van der Waals surface area contributed by atoms with Gasteiger partial charge in [0.1, 0.15) is 0 Å². The van der Waals surface area contributed by atoms with Gasteiger partial charge in [0.25, 0.3) is 0 Å². The van der Waals surface area contributed by atoms with Gasteiger partial charge in [0, 0.05) is 16.0 Å². The Balaban J connectivity index is 2.32. The fraction of sp³-hybridized carbons (Fsp3) is 0.706. The second kappa shape index (κ2) is 11.4. The molecule has 0 fully saturated rings. The van der Waals surface area contributed by atoms with Gasteiger partial charge in [-0.2, -0.15) is 0 Å². The summed E-state index contributed by atoms with van der Waals surface area (Å²) < 4.78 is 0. The van der Waals surface area contributed by atoms with Crippen LogP contribution < -0.4 is 0 Å². The van der Waals surface area contributed by atoms with Crippen molar-refractivity contribution in [2.24, 2.45) is 5.92 Å². The van der Waals surface area contributed by atoms with Gasteiger partial charge in [-0.15, -0.1) is 23.1 Å². The summed E-state index contributed by atoms with van der Waals surface area (Å²) in [7, 11) is 0. The van der Waals surface area contributed by atoms with E-state index in [9.17, 15) is 4.79 Å². The van der Waals surface area contributed by atoms with Gasteiger partial charge in [-0.3, -0.25) is 4.79 Å². The minimum Gasteiger partial charge on any atom is -0.297 e. The maximum Gasteiger partial charge on any atom is 0.160 e. The third kappa shape index (κ3) is 7.49. The quantitative estimate of drug-likeness (QED) is 0.251. The molecule has 1 aromatic rings. The molecule has 0 N–H and O–H groups in total. The molecule has 0 spiro atoms. The highest BCUT2D eigenvalue weighted by Gasteiger charge is 2.10. The van der Waals surface area contributed by atoms with Crippen LogP contribution in [0, 0.1) is 5.92 Å². The van der Waals surface area contributed by atoms with Crippen molar-refractivity contribution in [1.29, 1.82) is 0 Å². The third-order valence-electron chi connectivity index (χ3n) is 3.63. The second-order valence-corrected chi connectivity index (χ2v) is 7.51. The summed E-state index contributed by atoms with van der Waals surface area (Å²) in [5, 5.41) is 2.11. The van der Waals surface area contributed by atoms with Crippen LogP contribution in [0.4, 0.5) is 0 Å². The molecule has 0 radical (unpaired) electrons. The Morgan fingerprint density at radius 2 is 1.90 bits per heavy atom. The SMILES string of the molecule is CCCCCCC(CCCC)CSc1csc(C=O)c1. The Morgan fingerprint density at radius 3 is 2.55 bits per heavy atom. The van der Waals surface area contributed by atoms with Gasteiger partial charge < -0.3 is 0 Å². The molecule has 1 aromatic heterocycles. The van der Waals surface area contributed by atoms with Crippen molar-refractivity contribution in [1.82, 2.24) is 0 Å². The van der Waals surface area contributed by atoms with E-state index in [1.165, 1.54) is 62.0 Å². The van der Waals surface area contributed by atoms with Crippen LogP contribution in [0.1, 0.15) is 74.9 Å². The zero-order chi connectivity index (χ0) is 14.6. The lowest BCUT2D eigenvalue weighted by atomic mass is 9.97. The average molecular weight is 313 g/mol. The van der Waals surface area contributed by atoms with Crippen LogP contribution in [0.3, 0.4) is 0 Å². The van der Waals surface area contributed by atoms with E-state index in [4.69, 9.17) is 0 Å². The smallest absolute Gasteiger partial charge is 0.160 e. The number of aldehydes is 1. The summed E-state index contributed by atoms with van der Waals surface area (Å²) in [5.74, 6) is 2.05. The normalized spacial score (nSPS) is 12.5. The molecule has 20 heavy (non-hydrogen) atoms. The van der Waals surface area contributed by atoms with Crippen LogP contribution in [0.15, 0.2) is 16.3 Å². The molecule has 0 aromatic carbocycles. The summed E-state index contributed by atoms with van der Waals surface area (Å²) in [6.45, 7) is 4.54. The van der Waals surface area contributed by atoms with Gasteiger partial charge in [-0.25, -0.2) is 0 Å². The van der Waals surface area contributed by atoms with Gasteiger partial charge in [0.2, 0.25) is 0 Å². The maximum atomic E-state index is 10.7. The highest BCUT2D eigenvalue weighted by Crippen LogP contribution is 2.29. The standard InChI is InChI=1S/C17H28OS2/c1-3-5-7-8-10-15(9-6-4-2)13-19-17-11-16(12-18)20-14-17/h11-12,14-15H,3-10,13H2,1-2H3. The van der Waals surface area contributed by atoms with Crippen LogP contribution in [0.2, 0.25) is 0 Å². The molecule has 1 nitrogen and oxygen atoms in total. The molecule has 0 aliphatic rings. The van der Waals surface area contributed by atoms with Gasteiger partial charge >= 0.3 is 0 Å². The van der Waals surface area contributed by atoms with Crippen molar-refractivity contribution in [3.8, 4) is 0 Å². The molecule has 1 rings (SSSR count). The molecule has 0 saturated heterocycles. The molecular formula is C17H28OS2. The van der Waals surface area contributed by atoms with E-state index in [2.05, 4.69) is 19.2 Å². The number of hydrogen-bond acceptors (Lipinski definition) is 3. The largest absolute Gasteiger partial charge is 0.297 e. The van der Waals surface area contributed by atoms with E-state index >= 15 is 0 Å². The first-order chi connectivity index (χ1) is 9.80. The van der Waals surface area contributed by atoms with Crippen molar-refractivity contribution in [2.45, 2.75) is 70.1 Å². The van der Waals surface area contributed by atoms with Crippen LogP contribution in [-0.2, 0) is 0 Å². The highest BCUT2D eigenvalue weighted by molar-refractivity contribution is 7.99. The van der Waals surface area contributed by atoms with E-state index in [-0.39, 0.29) is 0 Å². The van der Waals surface area contributed by atoms with Crippen molar-refractivity contribution >= 4 is 29.4 Å². The average Bonchev–Trinajstić information content (AvgIpc) is 2.93. The number of thiophene rings is 1. The van der Waals surface area contributed by atoms with Crippen molar-refractivity contribution < 1.29 is 4.79 Å². The molecule has 1 unspecified atom stereocenters. The molecular weight excluding hydrogens is 284 g/mol. The van der Waals surface area contributed by atoms with E-state index in [1.54, 1.807) is 11.3 Å². The first kappa shape index (κ1) is 17.8. The minimum atomic E-state index is 0.844. The molecule has 114 valence electrons. The summed E-state index contributed by atoms with van der Waals surface area (Å²) in [6, 6.07) is 2.02. The number of rotatable bonds is 12. The Hall–Kier alpha value is -0.280. The van der Waals surface area contributed by atoms with Gasteiger partial charge in [0.15, 0.2) is 6.29 Å². The fourth-order valence-corrected chi connectivity index (χ4v) is 4.38. The van der Waals surface area contributed by atoms with Crippen LogP contribution in [0.5, 0.6) is 0 Å². The molecule has 1 atom stereocenters. The molecule has 0 aliphatic carbocycles. The summed E-state index contributed by atoms with van der Waals surface area (Å²) in [6.07, 6.45) is 11.8. The molecule has 0 amide bonds. The Bertz CT molecular complexity index is 360. The predicted octanol–water partition coefficient (Wildman–Crippen LogP) is 6.43. The Morgan fingerprint density at radius 1 is 1.15 bits per heavy atom. The van der Waals surface area contributed by atoms with E-state index in [0.717, 1.165) is 17.1 Å². The van der Waals surface area contributed by atoms with Crippen molar-refractivity contribution in [2.75, 3.05) is 5.75 Å². The van der Waals surface area contributed by atoms with Gasteiger partial charge in [0.05, 0.1) is 4.88 Å². The topological polar surface area (TPSA) is 17.1 Å². The highest BCUT2D eigenvalue weighted by atomic mass is 32.2. The number of carbonyl (C=O) groups excluding carboxylic acids is 1. The fourth-order valence-electron chi connectivity index (χ4n) is 2.35. The summed E-state index contributed by atoms with van der Waals surface area (Å²) in [5.41, 5.74) is 0. The van der Waals surface area contributed by atoms with E-state index in [0.29, 0.717) is 0 Å².